The summed E-state index contributed by atoms with van der Waals surface area (Å²) < 4.78 is 28.6. The van der Waals surface area contributed by atoms with Crippen LogP contribution in [0.4, 0.5) is 8.78 Å². The molecule has 0 radical (unpaired) electrons. The van der Waals surface area contributed by atoms with Gasteiger partial charge in [0.05, 0.1) is 4.47 Å². The maximum absolute atomic E-state index is 12.0. The van der Waals surface area contributed by atoms with Crippen LogP contribution >= 0.6 is 15.9 Å². The lowest BCUT2D eigenvalue weighted by Gasteiger charge is -2.10. The molecule has 0 amide bonds. The summed E-state index contributed by atoms with van der Waals surface area (Å²) in [5.74, 6) is -0.0794. The minimum Gasteiger partial charge on any atom is -0.434 e. The molecule has 0 bridgehead atoms. The zero-order valence-electron chi connectivity index (χ0n) is 8.18. The third-order valence-electron chi connectivity index (χ3n) is 1.95. The number of hydrogen-bond acceptors (Lipinski definition) is 2. The number of ketones is 1. The summed E-state index contributed by atoms with van der Waals surface area (Å²) in [6, 6.07) is 2.82. The first kappa shape index (κ1) is 12.1. The monoisotopic (exact) mass is 278 g/mol. The van der Waals surface area contributed by atoms with E-state index in [1.807, 2.05) is 0 Å². The van der Waals surface area contributed by atoms with Gasteiger partial charge < -0.3 is 4.74 Å². The second-order valence-electron chi connectivity index (χ2n) is 2.98. The quantitative estimate of drug-likeness (QED) is 0.791. The van der Waals surface area contributed by atoms with E-state index in [0.717, 1.165) is 0 Å². The molecule has 82 valence electrons. The van der Waals surface area contributed by atoms with Crippen molar-refractivity contribution in [2.75, 3.05) is 0 Å². The van der Waals surface area contributed by atoms with E-state index in [1.54, 1.807) is 6.92 Å². The van der Waals surface area contributed by atoms with Crippen molar-refractivity contribution in [2.45, 2.75) is 20.5 Å². The molecule has 0 aliphatic carbocycles. The van der Waals surface area contributed by atoms with E-state index < -0.39 is 6.61 Å². The van der Waals surface area contributed by atoms with Crippen LogP contribution < -0.4 is 4.74 Å². The second-order valence-corrected chi connectivity index (χ2v) is 3.78. The Labute approximate surface area is 94.4 Å². The van der Waals surface area contributed by atoms with E-state index in [0.29, 0.717) is 15.6 Å². The van der Waals surface area contributed by atoms with Crippen molar-refractivity contribution < 1.29 is 18.3 Å². The molecule has 0 saturated carbocycles. The molecule has 1 aromatic carbocycles. The van der Waals surface area contributed by atoms with Crippen LogP contribution in [-0.2, 0) is 0 Å². The summed E-state index contributed by atoms with van der Waals surface area (Å²) in [5.41, 5.74) is 1.09. The predicted octanol–water partition coefficient (Wildman–Crippen LogP) is 3.56. The molecule has 0 saturated heterocycles. The van der Waals surface area contributed by atoms with Crippen LogP contribution in [0.25, 0.3) is 0 Å². The maximum atomic E-state index is 12.0. The third kappa shape index (κ3) is 2.75. The van der Waals surface area contributed by atoms with E-state index in [2.05, 4.69) is 20.7 Å². The van der Waals surface area contributed by atoms with Gasteiger partial charge in [0.25, 0.3) is 0 Å². The highest BCUT2D eigenvalue weighted by molar-refractivity contribution is 9.10. The Bertz CT molecular complexity index is 391. The Kier molecular flexibility index (Phi) is 3.79. The van der Waals surface area contributed by atoms with Crippen molar-refractivity contribution in [3.05, 3.63) is 27.7 Å². The molecule has 1 rings (SSSR count). The van der Waals surface area contributed by atoms with Crippen LogP contribution in [0, 0.1) is 6.92 Å². The van der Waals surface area contributed by atoms with Gasteiger partial charge in [-0.1, -0.05) is 0 Å². The van der Waals surface area contributed by atoms with Crippen molar-refractivity contribution in [2.24, 2.45) is 0 Å². The lowest BCUT2D eigenvalue weighted by Crippen LogP contribution is -2.05. The number of hydrogen-bond donors (Lipinski definition) is 0. The smallest absolute Gasteiger partial charge is 0.387 e. The van der Waals surface area contributed by atoms with Gasteiger partial charge in [0.1, 0.15) is 5.75 Å². The molecular formula is C10H9BrF2O2. The molecule has 0 aliphatic rings. The third-order valence-corrected chi connectivity index (χ3v) is 2.93. The number of halogens is 3. The van der Waals surface area contributed by atoms with Gasteiger partial charge in [0, 0.05) is 5.56 Å². The van der Waals surface area contributed by atoms with Gasteiger partial charge in [-0.15, -0.1) is 0 Å². The summed E-state index contributed by atoms with van der Waals surface area (Å²) in [7, 11) is 0. The van der Waals surface area contributed by atoms with Gasteiger partial charge in [-0.2, -0.15) is 8.78 Å². The Morgan fingerprint density at radius 3 is 2.53 bits per heavy atom. The number of carbonyl (C=O) groups is 1. The van der Waals surface area contributed by atoms with E-state index >= 15 is 0 Å². The number of carbonyl (C=O) groups excluding carboxylic acids is 1. The number of ether oxygens (including phenoxy) is 1. The van der Waals surface area contributed by atoms with Gasteiger partial charge in [-0.3, -0.25) is 4.79 Å². The van der Waals surface area contributed by atoms with Gasteiger partial charge in [0.15, 0.2) is 5.78 Å². The Morgan fingerprint density at radius 2 is 2.07 bits per heavy atom. The van der Waals surface area contributed by atoms with Crippen LogP contribution in [0.2, 0.25) is 0 Å². The molecule has 15 heavy (non-hydrogen) atoms. The summed E-state index contributed by atoms with van der Waals surface area (Å²) in [5, 5.41) is 0. The molecular weight excluding hydrogens is 270 g/mol. The van der Waals surface area contributed by atoms with Gasteiger partial charge >= 0.3 is 6.61 Å². The molecule has 0 spiro atoms. The predicted molar refractivity (Wildman–Crippen MR) is 55.5 cm³/mol. The fraction of sp³-hybridized carbons (Fsp3) is 0.300. The van der Waals surface area contributed by atoms with E-state index in [9.17, 15) is 13.6 Å². The molecule has 0 heterocycles. The molecule has 0 N–H and O–H groups in total. The van der Waals surface area contributed by atoms with Crippen LogP contribution in [0.3, 0.4) is 0 Å². The SMILES string of the molecule is CC(=O)c1ccc(OC(F)F)c(Br)c1C. The van der Waals surface area contributed by atoms with E-state index in [4.69, 9.17) is 0 Å². The fourth-order valence-corrected chi connectivity index (χ4v) is 1.67. The first-order valence-corrected chi connectivity index (χ1v) is 4.97. The zero-order chi connectivity index (χ0) is 11.6. The second kappa shape index (κ2) is 4.70. The first-order chi connectivity index (χ1) is 6.93. The number of Topliss-reactive ketones (excluding diaryl/α,β-unsaturated/α-hetero) is 1. The highest BCUT2D eigenvalue weighted by Crippen LogP contribution is 2.31. The molecule has 5 heteroatoms. The first-order valence-electron chi connectivity index (χ1n) is 4.18. The van der Waals surface area contributed by atoms with Crippen molar-refractivity contribution in [3.63, 3.8) is 0 Å². The molecule has 0 aromatic heterocycles. The van der Waals surface area contributed by atoms with Crippen LogP contribution in [0.1, 0.15) is 22.8 Å². The number of rotatable bonds is 3. The molecule has 1 aromatic rings. The Morgan fingerprint density at radius 1 is 1.47 bits per heavy atom. The lowest BCUT2D eigenvalue weighted by molar-refractivity contribution is -0.0503. The van der Waals surface area contributed by atoms with E-state index in [1.165, 1.54) is 19.1 Å². The normalized spacial score (nSPS) is 10.5. The average molecular weight is 279 g/mol. The van der Waals surface area contributed by atoms with Crippen molar-refractivity contribution in [1.82, 2.24) is 0 Å². The highest BCUT2D eigenvalue weighted by atomic mass is 79.9. The summed E-state index contributed by atoms with van der Waals surface area (Å²) in [6.45, 7) is 0.213. The molecule has 0 atom stereocenters. The van der Waals surface area contributed by atoms with Crippen LogP contribution in [0.5, 0.6) is 5.75 Å². The van der Waals surface area contributed by atoms with Crippen molar-refractivity contribution in [1.29, 1.82) is 0 Å². The zero-order valence-corrected chi connectivity index (χ0v) is 9.77. The van der Waals surface area contributed by atoms with Crippen molar-refractivity contribution >= 4 is 21.7 Å². The van der Waals surface area contributed by atoms with Crippen LogP contribution in [-0.4, -0.2) is 12.4 Å². The standard InChI is InChI=1S/C10H9BrF2O2/c1-5-7(6(2)14)3-4-8(9(5)11)15-10(12)13/h3-4,10H,1-2H3. The molecule has 0 fully saturated rings. The maximum Gasteiger partial charge on any atom is 0.387 e. The lowest BCUT2D eigenvalue weighted by atomic mass is 10.1. The van der Waals surface area contributed by atoms with Gasteiger partial charge in [0.2, 0.25) is 0 Å². The number of alkyl halides is 2. The average Bonchev–Trinajstić information content (AvgIpc) is 2.12. The minimum atomic E-state index is -2.87. The summed E-state index contributed by atoms with van der Waals surface area (Å²) in [4.78, 5) is 11.1. The topological polar surface area (TPSA) is 26.3 Å². The van der Waals surface area contributed by atoms with Gasteiger partial charge in [-0.25, -0.2) is 0 Å². The summed E-state index contributed by atoms with van der Waals surface area (Å²) in [6.07, 6.45) is 0. The Balaban J connectivity index is 3.15. The molecule has 0 unspecified atom stereocenters. The fourth-order valence-electron chi connectivity index (χ4n) is 1.23. The van der Waals surface area contributed by atoms with E-state index in [-0.39, 0.29) is 11.5 Å². The molecule has 0 aliphatic heterocycles. The van der Waals surface area contributed by atoms with Crippen LogP contribution in [0.15, 0.2) is 16.6 Å². The Hall–Kier alpha value is -0.970. The molecule has 2 nitrogen and oxygen atoms in total. The van der Waals surface area contributed by atoms with Crippen molar-refractivity contribution in [3.8, 4) is 5.75 Å². The largest absolute Gasteiger partial charge is 0.434 e. The van der Waals surface area contributed by atoms with Gasteiger partial charge in [-0.05, 0) is 47.5 Å². The summed E-state index contributed by atoms with van der Waals surface area (Å²) >= 11 is 3.12. The highest BCUT2D eigenvalue weighted by Gasteiger charge is 2.14. The number of benzene rings is 1. The minimum absolute atomic E-state index is 0.0347.